The van der Waals surface area contributed by atoms with Crippen molar-refractivity contribution in [3.05, 3.63) is 72.1 Å². The molecule has 3 aromatic rings. The smallest absolute Gasteiger partial charge is 0.220 e. The average Bonchev–Trinajstić information content (AvgIpc) is 3.21. The molecule has 0 bridgehead atoms. The van der Waals surface area contributed by atoms with E-state index in [9.17, 15) is 4.79 Å². The van der Waals surface area contributed by atoms with Crippen molar-refractivity contribution in [2.75, 3.05) is 11.1 Å². The zero-order valence-electron chi connectivity index (χ0n) is 18.9. The van der Waals surface area contributed by atoms with E-state index in [4.69, 9.17) is 15.9 Å². The molecule has 0 atom stereocenters. The summed E-state index contributed by atoms with van der Waals surface area (Å²) >= 11 is 0. The van der Waals surface area contributed by atoms with Gasteiger partial charge in [0.2, 0.25) is 5.91 Å². The second kappa shape index (κ2) is 9.13. The number of hydrogen-bond acceptors (Lipinski definition) is 7. The number of para-hydroxylation sites is 1. The Balaban J connectivity index is 1.29. The Hall–Kier alpha value is -3.94. The highest BCUT2D eigenvalue weighted by atomic mass is 16.5. The standard InChI is InChI=1S/C26H28N6O2/c27-23(17-6-8-20(9-7-17)34-19-4-2-1-3-5-19)22-24(28)29-16-30-25(22)31-18-10-13-26(14-11-18)15-12-21(33)32-26/h1-9,16,18,27H,10-15H2,(H,32,33)(H3,28,29,30,31). The van der Waals surface area contributed by atoms with Crippen molar-refractivity contribution in [2.45, 2.75) is 50.1 Å². The number of carbonyl (C=O) groups is 1. The summed E-state index contributed by atoms with van der Waals surface area (Å²) in [6.45, 7) is 0. The lowest BCUT2D eigenvalue weighted by molar-refractivity contribution is -0.120. The maximum absolute atomic E-state index is 11.7. The molecule has 8 nitrogen and oxygen atoms in total. The molecular formula is C26H28N6O2. The van der Waals surface area contributed by atoms with E-state index in [2.05, 4.69) is 20.6 Å². The molecule has 2 aliphatic rings. The highest BCUT2D eigenvalue weighted by Crippen LogP contribution is 2.37. The Labute approximate surface area is 198 Å². The lowest BCUT2D eigenvalue weighted by atomic mass is 9.78. The van der Waals surface area contributed by atoms with Crippen molar-refractivity contribution in [1.82, 2.24) is 15.3 Å². The SMILES string of the molecule is N=C(c1ccc(Oc2ccccc2)cc1)c1c(N)ncnc1NC1CCC2(CCC(=O)N2)CC1. The van der Waals surface area contributed by atoms with E-state index in [1.165, 1.54) is 6.33 Å². The van der Waals surface area contributed by atoms with Crippen molar-refractivity contribution < 1.29 is 9.53 Å². The number of nitrogens with one attached hydrogen (secondary N) is 3. The van der Waals surface area contributed by atoms with Crippen LogP contribution in [0.15, 0.2) is 60.9 Å². The van der Waals surface area contributed by atoms with Crippen molar-refractivity contribution in [3.63, 3.8) is 0 Å². The molecule has 1 saturated heterocycles. The Kier molecular flexibility index (Phi) is 5.88. The monoisotopic (exact) mass is 456 g/mol. The van der Waals surface area contributed by atoms with Gasteiger partial charge in [0.15, 0.2) is 0 Å². The quantitative estimate of drug-likeness (QED) is 0.410. The molecule has 1 aromatic heterocycles. The molecule has 34 heavy (non-hydrogen) atoms. The normalized spacial score (nSPS) is 21.8. The Morgan fingerprint density at radius 2 is 1.74 bits per heavy atom. The van der Waals surface area contributed by atoms with E-state index in [0.29, 0.717) is 29.1 Å². The topological polar surface area (TPSA) is 126 Å². The van der Waals surface area contributed by atoms with Gasteiger partial charge < -0.3 is 21.1 Å². The van der Waals surface area contributed by atoms with Crippen LogP contribution in [0.25, 0.3) is 0 Å². The first-order valence-electron chi connectivity index (χ1n) is 11.6. The van der Waals surface area contributed by atoms with Gasteiger partial charge in [0.1, 0.15) is 29.5 Å². The molecule has 2 heterocycles. The number of aromatic nitrogens is 2. The number of carbonyl (C=O) groups excluding carboxylic acids is 1. The number of rotatable bonds is 6. The lowest BCUT2D eigenvalue weighted by Crippen LogP contribution is -2.46. The summed E-state index contributed by atoms with van der Waals surface area (Å²) in [5.74, 6) is 2.43. The predicted molar refractivity (Wildman–Crippen MR) is 131 cm³/mol. The maximum atomic E-state index is 11.7. The Bertz CT molecular complexity index is 1190. The fourth-order valence-electron chi connectivity index (χ4n) is 4.87. The number of hydrogen-bond donors (Lipinski definition) is 4. The summed E-state index contributed by atoms with van der Waals surface area (Å²) in [6, 6.07) is 17.1. The summed E-state index contributed by atoms with van der Waals surface area (Å²) in [5.41, 5.74) is 7.60. The van der Waals surface area contributed by atoms with Crippen molar-refractivity contribution in [1.29, 1.82) is 5.41 Å². The fourth-order valence-corrected chi connectivity index (χ4v) is 4.87. The van der Waals surface area contributed by atoms with Gasteiger partial charge in [-0.3, -0.25) is 10.2 Å². The zero-order valence-corrected chi connectivity index (χ0v) is 18.9. The number of amides is 1. The molecule has 2 fully saturated rings. The summed E-state index contributed by atoms with van der Waals surface area (Å²) in [5, 5.41) is 15.5. The molecule has 2 aromatic carbocycles. The molecule has 5 rings (SSSR count). The summed E-state index contributed by atoms with van der Waals surface area (Å²) < 4.78 is 5.85. The number of ether oxygens (including phenoxy) is 1. The van der Waals surface area contributed by atoms with Crippen LogP contribution in [0.3, 0.4) is 0 Å². The fraction of sp³-hybridized carbons (Fsp3) is 0.308. The summed E-state index contributed by atoms with van der Waals surface area (Å²) in [4.78, 5) is 20.3. The van der Waals surface area contributed by atoms with Gasteiger partial charge in [-0.2, -0.15) is 0 Å². The van der Waals surface area contributed by atoms with Crippen LogP contribution in [-0.4, -0.2) is 33.2 Å². The molecule has 1 spiro atoms. The van der Waals surface area contributed by atoms with Gasteiger partial charge in [-0.1, -0.05) is 18.2 Å². The lowest BCUT2D eigenvalue weighted by Gasteiger charge is -2.37. The van der Waals surface area contributed by atoms with Crippen LogP contribution in [0, 0.1) is 5.41 Å². The minimum absolute atomic E-state index is 0.0426. The van der Waals surface area contributed by atoms with E-state index in [-0.39, 0.29) is 29.0 Å². The number of nitrogens with two attached hydrogens (primary N) is 1. The molecule has 1 amide bonds. The van der Waals surface area contributed by atoms with Crippen LogP contribution in [-0.2, 0) is 4.79 Å². The van der Waals surface area contributed by atoms with Crippen LogP contribution in [0.4, 0.5) is 11.6 Å². The third-order valence-electron chi connectivity index (χ3n) is 6.77. The molecule has 174 valence electrons. The third kappa shape index (κ3) is 4.57. The zero-order chi connectivity index (χ0) is 23.5. The number of nitrogen functional groups attached to an aromatic ring is 1. The first-order chi connectivity index (χ1) is 16.5. The molecule has 0 unspecified atom stereocenters. The van der Waals surface area contributed by atoms with E-state index in [0.717, 1.165) is 37.9 Å². The highest BCUT2D eigenvalue weighted by Gasteiger charge is 2.40. The minimum Gasteiger partial charge on any atom is -0.457 e. The van der Waals surface area contributed by atoms with Crippen LogP contribution < -0.4 is 21.1 Å². The molecule has 1 saturated carbocycles. The van der Waals surface area contributed by atoms with E-state index in [1.807, 2.05) is 54.6 Å². The molecule has 1 aliphatic heterocycles. The van der Waals surface area contributed by atoms with Gasteiger partial charge in [0.25, 0.3) is 0 Å². The van der Waals surface area contributed by atoms with Crippen molar-refractivity contribution in [3.8, 4) is 11.5 Å². The van der Waals surface area contributed by atoms with Gasteiger partial charge in [0, 0.05) is 23.6 Å². The Morgan fingerprint density at radius 1 is 1.03 bits per heavy atom. The van der Waals surface area contributed by atoms with Crippen LogP contribution in [0.1, 0.15) is 49.7 Å². The molecule has 8 heteroatoms. The first kappa shape index (κ1) is 21.9. The van der Waals surface area contributed by atoms with E-state index < -0.39 is 0 Å². The van der Waals surface area contributed by atoms with Crippen molar-refractivity contribution >= 4 is 23.3 Å². The highest BCUT2D eigenvalue weighted by molar-refractivity contribution is 6.16. The number of anilines is 2. The molecule has 5 N–H and O–H groups in total. The first-order valence-corrected chi connectivity index (χ1v) is 11.6. The van der Waals surface area contributed by atoms with E-state index in [1.54, 1.807) is 0 Å². The molecule has 1 aliphatic carbocycles. The van der Waals surface area contributed by atoms with Gasteiger partial charge in [-0.05, 0) is 68.5 Å². The second-order valence-corrected chi connectivity index (χ2v) is 9.04. The van der Waals surface area contributed by atoms with Crippen LogP contribution >= 0.6 is 0 Å². The second-order valence-electron chi connectivity index (χ2n) is 9.04. The van der Waals surface area contributed by atoms with Crippen LogP contribution in [0.2, 0.25) is 0 Å². The average molecular weight is 457 g/mol. The molecular weight excluding hydrogens is 428 g/mol. The minimum atomic E-state index is -0.0426. The Morgan fingerprint density at radius 3 is 2.41 bits per heavy atom. The van der Waals surface area contributed by atoms with Crippen LogP contribution in [0.5, 0.6) is 11.5 Å². The summed E-state index contributed by atoms with van der Waals surface area (Å²) in [6.07, 6.45) is 6.67. The van der Waals surface area contributed by atoms with Gasteiger partial charge in [-0.15, -0.1) is 0 Å². The largest absolute Gasteiger partial charge is 0.457 e. The predicted octanol–water partition coefficient (Wildman–Crippen LogP) is 4.27. The maximum Gasteiger partial charge on any atom is 0.220 e. The van der Waals surface area contributed by atoms with Gasteiger partial charge in [-0.25, -0.2) is 9.97 Å². The van der Waals surface area contributed by atoms with E-state index >= 15 is 0 Å². The molecule has 0 radical (unpaired) electrons. The third-order valence-corrected chi connectivity index (χ3v) is 6.77. The summed E-state index contributed by atoms with van der Waals surface area (Å²) in [7, 11) is 0. The van der Waals surface area contributed by atoms with Gasteiger partial charge >= 0.3 is 0 Å². The number of benzene rings is 2. The van der Waals surface area contributed by atoms with Crippen molar-refractivity contribution in [2.24, 2.45) is 0 Å². The number of nitrogens with zero attached hydrogens (tertiary/aromatic N) is 2. The van der Waals surface area contributed by atoms with Gasteiger partial charge in [0.05, 0.1) is 11.3 Å².